The lowest BCUT2D eigenvalue weighted by Crippen LogP contribution is -2.30. The van der Waals surface area contributed by atoms with E-state index in [9.17, 15) is 22.8 Å². The fourth-order valence-corrected chi connectivity index (χ4v) is 6.16. The first-order valence-corrected chi connectivity index (χ1v) is 13.9. The largest absolute Gasteiger partial charge is 0.321 e. The number of imide groups is 1. The Labute approximate surface area is 225 Å². The Morgan fingerprint density at radius 1 is 0.923 bits per heavy atom. The molecule has 0 bridgehead atoms. The van der Waals surface area contributed by atoms with Gasteiger partial charge in [-0.05, 0) is 42.0 Å². The van der Waals surface area contributed by atoms with E-state index >= 15 is 0 Å². The third-order valence-electron chi connectivity index (χ3n) is 6.82. The van der Waals surface area contributed by atoms with E-state index in [0.29, 0.717) is 36.3 Å². The van der Waals surface area contributed by atoms with Gasteiger partial charge in [-0.25, -0.2) is 8.42 Å². The van der Waals surface area contributed by atoms with Crippen molar-refractivity contribution in [3.8, 4) is 0 Å². The number of carbonyl (C=O) groups is 3. The smallest absolute Gasteiger partial charge is 0.276 e. The lowest BCUT2D eigenvalue weighted by Gasteiger charge is -2.18. The summed E-state index contributed by atoms with van der Waals surface area (Å²) < 4.78 is 28.7. The Kier molecular flexibility index (Phi) is 6.79. The minimum atomic E-state index is -3.56. The van der Waals surface area contributed by atoms with Crippen molar-refractivity contribution in [2.24, 2.45) is 0 Å². The summed E-state index contributed by atoms with van der Waals surface area (Å²) in [5, 5.41) is 7.99. The molecule has 4 aromatic rings. The molecule has 10 nitrogen and oxygen atoms in total. The second-order valence-electron chi connectivity index (χ2n) is 9.14. The van der Waals surface area contributed by atoms with Crippen LogP contribution in [0.5, 0.6) is 0 Å². The molecule has 0 atom stereocenters. The van der Waals surface area contributed by atoms with Crippen LogP contribution in [-0.4, -0.2) is 65.3 Å². The third-order valence-corrected chi connectivity index (χ3v) is 8.88. The van der Waals surface area contributed by atoms with E-state index in [4.69, 9.17) is 0 Å². The number of anilines is 1. The summed E-state index contributed by atoms with van der Waals surface area (Å²) in [5.74, 6) is -1.26. The second kappa shape index (κ2) is 10.1. The Morgan fingerprint density at radius 2 is 1.59 bits per heavy atom. The van der Waals surface area contributed by atoms with E-state index in [0.717, 1.165) is 16.0 Å². The van der Waals surface area contributed by atoms with Gasteiger partial charge < -0.3 is 5.32 Å². The first-order chi connectivity index (χ1) is 18.6. The number of rotatable bonds is 8. The molecule has 1 aliphatic rings. The molecule has 11 heteroatoms. The first kappa shape index (κ1) is 26.3. The van der Waals surface area contributed by atoms with Crippen LogP contribution >= 0.6 is 0 Å². The summed E-state index contributed by atoms with van der Waals surface area (Å²) in [6, 6.07) is 18.6. The van der Waals surface area contributed by atoms with Crippen molar-refractivity contribution in [2.45, 2.75) is 25.3 Å². The van der Waals surface area contributed by atoms with Crippen LogP contribution in [0, 0.1) is 0 Å². The van der Waals surface area contributed by atoms with Gasteiger partial charge in [-0.1, -0.05) is 44.2 Å². The maximum atomic E-state index is 13.3. The van der Waals surface area contributed by atoms with E-state index in [1.165, 1.54) is 23.5 Å². The van der Waals surface area contributed by atoms with Gasteiger partial charge in [0.15, 0.2) is 5.69 Å². The molecule has 1 aromatic heterocycles. The molecule has 0 aliphatic carbocycles. The number of fused-ring (bicyclic) bond motifs is 2. The molecular weight excluding hydrogens is 518 g/mol. The molecule has 39 heavy (non-hydrogen) atoms. The molecule has 2 heterocycles. The summed E-state index contributed by atoms with van der Waals surface area (Å²) >= 11 is 0. The minimum Gasteiger partial charge on any atom is -0.321 e. The highest BCUT2D eigenvalue weighted by Crippen LogP contribution is 2.26. The van der Waals surface area contributed by atoms with Crippen molar-refractivity contribution in [1.82, 2.24) is 19.0 Å². The summed E-state index contributed by atoms with van der Waals surface area (Å²) in [6.07, 6.45) is 0. The number of hydrogen-bond donors (Lipinski definition) is 1. The van der Waals surface area contributed by atoms with Gasteiger partial charge in [0.25, 0.3) is 17.7 Å². The van der Waals surface area contributed by atoms with Gasteiger partial charge in [-0.3, -0.25) is 24.0 Å². The number of benzene rings is 3. The predicted octanol–water partition coefficient (Wildman–Crippen LogP) is 3.59. The van der Waals surface area contributed by atoms with Crippen molar-refractivity contribution in [1.29, 1.82) is 0 Å². The van der Waals surface area contributed by atoms with Crippen LogP contribution in [0.25, 0.3) is 10.9 Å². The van der Waals surface area contributed by atoms with Crippen LogP contribution in [0.15, 0.2) is 71.6 Å². The monoisotopic (exact) mass is 545 g/mol. The number of nitrogens with one attached hydrogen (secondary N) is 1. The fraction of sp³-hybridized carbons (Fsp3) is 0.214. The van der Waals surface area contributed by atoms with Gasteiger partial charge in [0, 0.05) is 31.2 Å². The number of amides is 3. The molecular formula is C28H27N5O5S. The summed E-state index contributed by atoms with van der Waals surface area (Å²) in [4.78, 5) is 39.0. The lowest BCUT2D eigenvalue weighted by molar-refractivity contribution is 0.0692. The molecule has 3 aromatic carbocycles. The van der Waals surface area contributed by atoms with E-state index in [-0.39, 0.29) is 22.1 Å². The van der Waals surface area contributed by atoms with Crippen LogP contribution in [0.4, 0.5) is 5.69 Å². The molecule has 0 radical (unpaired) electrons. The SMILES string of the molecule is CCN(CC)S(=O)(=O)c1ccc(Cn2nc(C(=O)Nc3ccc4c(c3)C(=O)N(C)C4=O)c3ccccc32)cc1. The number of carbonyl (C=O) groups excluding carboxylic acids is 3. The average molecular weight is 546 g/mol. The molecule has 0 unspecified atom stereocenters. The quantitative estimate of drug-likeness (QED) is 0.338. The maximum absolute atomic E-state index is 13.3. The van der Waals surface area contributed by atoms with Crippen molar-refractivity contribution in [3.63, 3.8) is 0 Å². The molecule has 0 saturated carbocycles. The molecule has 5 rings (SSSR count). The first-order valence-electron chi connectivity index (χ1n) is 12.5. The van der Waals surface area contributed by atoms with Crippen LogP contribution in [0.3, 0.4) is 0 Å². The average Bonchev–Trinajstić information content (AvgIpc) is 3.40. The fourth-order valence-electron chi connectivity index (χ4n) is 4.70. The van der Waals surface area contributed by atoms with E-state index in [1.54, 1.807) is 54.9 Å². The van der Waals surface area contributed by atoms with Crippen LogP contribution in [0.1, 0.15) is 50.6 Å². The third kappa shape index (κ3) is 4.59. The van der Waals surface area contributed by atoms with Crippen LogP contribution in [-0.2, 0) is 16.6 Å². The Morgan fingerprint density at radius 3 is 2.28 bits per heavy atom. The molecule has 1 N–H and O–H groups in total. The van der Waals surface area contributed by atoms with Gasteiger partial charge in [-0.2, -0.15) is 9.40 Å². The van der Waals surface area contributed by atoms with Gasteiger partial charge in [-0.15, -0.1) is 0 Å². The Hall–Kier alpha value is -4.35. The molecule has 0 spiro atoms. The predicted molar refractivity (Wildman–Crippen MR) is 146 cm³/mol. The van der Waals surface area contributed by atoms with Gasteiger partial charge in [0.1, 0.15) is 0 Å². The minimum absolute atomic E-state index is 0.200. The topological polar surface area (TPSA) is 122 Å². The zero-order valence-electron chi connectivity index (χ0n) is 21.7. The zero-order valence-corrected chi connectivity index (χ0v) is 22.5. The highest BCUT2D eigenvalue weighted by Gasteiger charge is 2.33. The van der Waals surface area contributed by atoms with Gasteiger partial charge >= 0.3 is 0 Å². The molecule has 0 saturated heterocycles. The molecule has 200 valence electrons. The number of hydrogen-bond acceptors (Lipinski definition) is 6. The van der Waals surface area contributed by atoms with Gasteiger partial charge in [0.2, 0.25) is 10.0 Å². The van der Waals surface area contributed by atoms with Crippen molar-refractivity contribution in [2.75, 3.05) is 25.5 Å². The lowest BCUT2D eigenvalue weighted by atomic mass is 10.1. The highest BCUT2D eigenvalue weighted by atomic mass is 32.2. The van der Waals surface area contributed by atoms with Crippen LogP contribution in [0.2, 0.25) is 0 Å². The number of para-hydroxylation sites is 1. The molecule has 1 aliphatic heterocycles. The van der Waals surface area contributed by atoms with E-state index in [1.807, 2.05) is 18.2 Å². The zero-order chi connectivity index (χ0) is 27.9. The van der Waals surface area contributed by atoms with Crippen LogP contribution < -0.4 is 5.32 Å². The van der Waals surface area contributed by atoms with Crippen molar-refractivity contribution >= 4 is 44.3 Å². The van der Waals surface area contributed by atoms with Crippen molar-refractivity contribution < 1.29 is 22.8 Å². The summed E-state index contributed by atoms with van der Waals surface area (Å²) in [6.45, 7) is 4.70. The standard InChI is InChI=1S/C28H27N5O5S/c1-4-32(5-2)39(37,38)20-13-10-18(11-14-20)17-33-24-9-7-6-8-22(24)25(30-33)26(34)29-19-12-15-21-23(16-19)28(36)31(3)27(21)35/h6-16H,4-5,17H2,1-3H3,(H,29,34). The second-order valence-corrected chi connectivity index (χ2v) is 11.1. The molecule has 3 amide bonds. The highest BCUT2D eigenvalue weighted by molar-refractivity contribution is 7.89. The normalized spacial score (nSPS) is 13.4. The van der Waals surface area contributed by atoms with E-state index < -0.39 is 21.8 Å². The van der Waals surface area contributed by atoms with E-state index in [2.05, 4.69) is 10.4 Å². The Bertz CT molecular complexity index is 1720. The van der Waals surface area contributed by atoms with Gasteiger partial charge in [0.05, 0.1) is 28.1 Å². The van der Waals surface area contributed by atoms with Crippen molar-refractivity contribution in [3.05, 3.63) is 89.1 Å². The molecule has 0 fully saturated rings. The maximum Gasteiger partial charge on any atom is 0.276 e. The summed E-state index contributed by atoms with van der Waals surface area (Å²) in [7, 11) is -2.14. The number of nitrogens with zero attached hydrogens (tertiary/aromatic N) is 4. The summed E-state index contributed by atoms with van der Waals surface area (Å²) in [5.41, 5.74) is 2.66. The number of sulfonamides is 1. The Balaban J connectivity index is 1.41. The number of aromatic nitrogens is 2.